The van der Waals surface area contributed by atoms with Gasteiger partial charge in [0, 0.05) is 11.6 Å². The summed E-state index contributed by atoms with van der Waals surface area (Å²) < 4.78 is 41.8. The molecule has 122 valence electrons. The van der Waals surface area contributed by atoms with Crippen molar-refractivity contribution in [2.75, 3.05) is 0 Å². The van der Waals surface area contributed by atoms with E-state index in [1.165, 1.54) is 22.9 Å². The number of hydrogen-bond acceptors (Lipinski definition) is 2. The molecule has 2 aromatic carbocycles. The van der Waals surface area contributed by atoms with Gasteiger partial charge in [-0.15, -0.1) is 0 Å². The van der Waals surface area contributed by atoms with Gasteiger partial charge in [0.15, 0.2) is 11.5 Å². The number of benzene rings is 2. The van der Waals surface area contributed by atoms with E-state index in [0.717, 1.165) is 0 Å². The van der Waals surface area contributed by atoms with Gasteiger partial charge in [0.2, 0.25) is 0 Å². The van der Waals surface area contributed by atoms with Crippen molar-refractivity contribution in [3.05, 3.63) is 78.0 Å². The molecule has 0 aliphatic rings. The first kappa shape index (κ1) is 16.0. The summed E-state index contributed by atoms with van der Waals surface area (Å²) in [6.45, 7) is 1.72. The maximum atomic E-state index is 13.5. The summed E-state index contributed by atoms with van der Waals surface area (Å²) in [7, 11) is 0. The van der Waals surface area contributed by atoms with Crippen LogP contribution in [0.2, 0.25) is 0 Å². The van der Waals surface area contributed by atoms with Gasteiger partial charge in [-0.2, -0.15) is 18.3 Å². The molecule has 0 amide bonds. The maximum absolute atomic E-state index is 13.5. The predicted molar refractivity (Wildman–Crippen MR) is 87.0 cm³/mol. The molecular formula is C18H14F3N3. The smallest absolute Gasteiger partial charge is 0.223 e. The molecule has 0 spiro atoms. The van der Waals surface area contributed by atoms with Crippen molar-refractivity contribution in [2.24, 2.45) is 4.99 Å². The number of nitrogens with zero attached hydrogens (tertiary/aromatic N) is 3. The van der Waals surface area contributed by atoms with Crippen LogP contribution in [0.5, 0.6) is 0 Å². The fourth-order valence-corrected chi connectivity index (χ4v) is 2.33. The van der Waals surface area contributed by atoms with Gasteiger partial charge in [0.25, 0.3) is 0 Å². The molecule has 1 aromatic heterocycles. The predicted octanol–water partition coefficient (Wildman–Crippen LogP) is 4.86. The van der Waals surface area contributed by atoms with E-state index in [-0.39, 0.29) is 11.4 Å². The van der Waals surface area contributed by atoms with Crippen molar-refractivity contribution in [1.29, 1.82) is 0 Å². The van der Waals surface area contributed by atoms with Crippen LogP contribution in [-0.4, -0.2) is 21.7 Å². The van der Waals surface area contributed by atoms with E-state index in [9.17, 15) is 13.2 Å². The van der Waals surface area contributed by atoms with Gasteiger partial charge in [-0.25, -0.2) is 9.67 Å². The molecule has 0 N–H and O–H groups in total. The molecule has 1 heterocycles. The molecule has 0 aliphatic carbocycles. The Morgan fingerprint density at radius 1 is 0.958 bits per heavy atom. The minimum absolute atomic E-state index is 0.0171. The fourth-order valence-electron chi connectivity index (χ4n) is 2.33. The van der Waals surface area contributed by atoms with E-state index in [1.54, 1.807) is 49.4 Å². The first-order valence-electron chi connectivity index (χ1n) is 7.28. The molecule has 6 heteroatoms. The fraction of sp³-hybridized carbons (Fsp3) is 0.111. The van der Waals surface area contributed by atoms with E-state index in [1.807, 2.05) is 6.07 Å². The molecule has 0 saturated heterocycles. The van der Waals surface area contributed by atoms with E-state index in [0.29, 0.717) is 11.4 Å². The van der Waals surface area contributed by atoms with Gasteiger partial charge in [0.05, 0.1) is 11.4 Å². The third-order valence-corrected chi connectivity index (χ3v) is 3.36. The summed E-state index contributed by atoms with van der Waals surface area (Å²) in [6, 6.07) is 18.0. The van der Waals surface area contributed by atoms with Crippen molar-refractivity contribution >= 4 is 11.5 Å². The van der Waals surface area contributed by atoms with E-state index >= 15 is 0 Å². The van der Waals surface area contributed by atoms with Gasteiger partial charge in [0.1, 0.15) is 0 Å². The van der Waals surface area contributed by atoms with Crippen molar-refractivity contribution in [2.45, 2.75) is 13.1 Å². The van der Waals surface area contributed by atoms with Crippen LogP contribution >= 0.6 is 0 Å². The second-order valence-electron chi connectivity index (χ2n) is 5.22. The van der Waals surface area contributed by atoms with Crippen LogP contribution < -0.4 is 0 Å². The number of rotatable bonds is 3. The third kappa shape index (κ3) is 3.37. The highest BCUT2D eigenvalue weighted by Crippen LogP contribution is 2.27. The minimum Gasteiger partial charge on any atom is -0.223 e. The average Bonchev–Trinajstić information content (AvgIpc) is 2.94. The zero-order valence-electron chi connectivity index (χ0n) is 12.8. The zero-order chi connectivity index (χ0) is 17.2. The molecule has 0 fully saturated rings. The molecule has 24 heavy (non-hydrogen) atoms. The lowest BCUT2D eigenvalue weighted by molar-refractivity contribution is -0.0580. The van der Waals surface area contributed by atoms with Gasteiger partial charge in [-0.1, -0.05) is 48.5 Å². The summed E-state index contributed by atoms with van der Waals surface area (Å²) in [5.41, 5.74) is 0.315. The van der Waals surface area contributed by atoms with E-state index in [2.05, 4.69) is 10.1 Å². The van der Waals surface area contributed by atoms with Crippen LogP contribution in [-0.2, 0) is 0 Å². The van der Waals surface area contributed by atoms with Gasteiger partial charge in [-0.3, -0.25) is 0 Å². The molecule has 0 bridgehead atoms. The Balaban J connectivity index is 2.15. The van der Waals surface area contributed by atoms with Crippen LogP contribution in [0.3, 0.4) is 0 Å². The standard InChI is InChI=1S/C18H14F3N3/c1-13-12-16(24(23-13)15-10-6-3-7-11-15)22-17(18(19,20)21)14-8-4-2-5-9-14/h2-12H,1H3. The molecule has 0 saturated carbocycles. The molecular weight excluding hydrogens is 315 g/mol. The largest absolute Gasteiger partial charge is 0.434 e. The Morgan fingerprint density at radius 3 is 2.12 bits per heavy atom. The Labute approximate surface area is 137 Å². The third-order valence-electron chi connectivity index (χ3n) is 3.36. The summed E-state index contributed by atoms with van der Waals surface area (Å²) in [6.07, 6.45) is -4.57. The second kappa shape index (κ2) is 6.31. The Hall–Kier alpha value is -2.89. The number of aryl methyl sites for hydroxylation is 1. The normalized spacial score (nSPS) is 12.4. The number of aliphatic imine (C=N–C) groups is 1. The number of aromatic nitrogens is 2. The van der Waals surface area contributed by atoms with Crippen molar-refractivity contribution < 1.29 is 13.2 Å². The van der Waals surface area contributed by atoms with Crippen LogP contribution in [0, 0.1) is 6.92 Å². The van der Waals surface area contributed by atoms with E-state index < -0.39 is 11.9 Å². The maximum Gasteiger partial charge on any atom is 0.434 e. The monoisotopic (exact) mass is 329 g/mol. The van der Waals surface area contributed by atoms with Crippen LogP contribution in [0.15, 0.2) is 71.7 Å². The lowest BCUT2D eigenvalue weighted by atomic mass is 10.1. The Kier molecular flexibility index (Phi) is 4.20. The Morgan fingerprint density at radius 2 is 1.54 bits per heavy atom. The molecule has 0 radical (unpaired) electrons. The highest BCUT2D eigenvalue weighted by atomic mass is 19.4. The molecule has 0 atom stereocenters. The van der Waals surface area contributed by atoms with Crippen molar-refractivity contribution in [3.8, 4) is 5.69 Å². The first-order chi connectivity index (χ1) is 11.4. The first-order valence-corrected chi connectivity index (χ1v) is 7.28. The molecule has 0 unspecified atom stereocenters. The summed E-state index contributed by atoms with van der Waals surface area (Å²) in [5, 5.41) is 4.25. The molecule has 3 aromatic rings. The summed E-state index contributed by atoms with van der Waals surface area (Å²) in [4.78, 5) is 3.89. The minimum atomic E-state index is -4.57. The van der Waals surface area contributed by atoms with Crippen LogP contribution in [0.1, 0.15) is 11.3 Å². The highest BCUT2D eigenvalue weighted by molar-refractivity contribution is 6.05. The molecule has 3 rings (SSSR count). The van der Waals surface area contributed by atoms with Crippen LogP contribution in [0.25, 0.3) is 5.69 Å². The summed E-state index contributed by atoms with van der Waals surface area (Å²) >= 11 is 0. The second-order valence-corrected chi connectivity index (χ2v) is 5.22. The molecule has 0 aliphatic heterocycles. The lowest BCUT2D eigenvalue weighted by Gasteiger charge is -2.11. The van der Waals surface area contributed by atoms with Gasteiger partial charge in [-0.05, 0) is 19.1 Å². The number of alkyl halides is 3. The number of halogens is 3. The Bertz CT molecular complexity index is 850. The number of para-hydroxylation sites is 1. The lowest BCUT2D eigenvalue weighted by Crippen LogP contribution is -2.24. The topological polar surface area (TPSA) is 30.2 Å². The summed E-state index contributed by atoms with van der Waals surface area (Å²) in [5.74, 6) is 0.134. The van der Waals surface area contributed by atoms with Gasteiger partial charge < -0.3 is 0 Å². The van der Waals surface area contributed by atoms with Crippen LogP contribution in [0.4, 0.5) is 19.0 Å². The van der Waals surface area contributed by atoms with E-state index in [4.69, 9.17) is 0 Å². The van der Waals surface area contributed by atoms with Crippen molar-refractivity contribution in [1.82, 2.24) is 9.78 Å². The van der Waals surface area contributed by atoms with Gasteiger partial charge >= 0.3 is 6.18 Å². The average molecular weight is 329 g/mol. The highest BCUT2D eigenvalue weighted by Gasteiger charge is 2.37. The zero-order valence-corrected chi connectivity index (χ0v) is 12.8. The quantitative estimate of drug-likeness (QED) is 0.631. The van der Waals surface area contributed by atoms with Crippen molar-refractivity contribution in [3.63, 3.8) is 0 Å². The SMILES string of the molecule is Cc1cc(N=C(c2ccccc2)C(F)(F)F)n(-c2ccccc2)n1. The molecule has 3 nitrogen and oxygen atoms in total. The number of hydrogen-bond donors (Lipinski definition) is 0.